The number of aromatic amines is 1. The van der Waals surface area contributed by atoms with Crippen LogP contribution in [0.1, 0.15) is 115 Å². The number of esters is 1. The molecule has 0 fully saturated rings. The number of alkyl halides is 1. The summed E-state index contributed by atoms with van der Waals surface area (Å²) >= 11 is 3.43. The molecule has 8 nitrogen and oxygen atoms in total. The van der Waals surface area contributed by atoms with Gasteiger partial charge in [0.15, 0.2) is 17.3 Å². The molecule has 0 spiro atoms. The Hall–Kier alpha value is -7.06. The maximum atomic E-state index is 12.3. The Bertz CT molecular complexity index is 3030. The molecule has 9 heteroatoms. The second-order valence-corrected chi connectivity index (χ2v) is 18.9. The number of ketones is 2. The van der Waals surface area contributed by atoms with Crippen molar-refractivity contribution in [2.75, 3.05) is 0 Å². The second-order valence-electron chi connectivity index (χ2n) is 18.3. The molecule has 6 aromatic carbocycles. The lowest BCUT2D eigenvalue weighted by atomic mass is 9.82. The molecular formula is C58H58BrN2O6+. The van der Waals surface area contributed by atoms with Crippen LogP contribution >= 0.6 is 15.9 Å². The lowest BCUT2D eigenvalue weighted by Gasteiger charge is -2.23. The van der Waals surface area contributed by atoms with Crippen molar-refractivity contribution < 1.29 is 28.7 Å². The number of nitrogens with zero attached hydrogens (tertiary/aromatic N) is 1. The first-order chi connectivity index (χ1) is 31.7. The summed E-state index contributed by atoms with van der Waals surface area (Å²) in [6.45, 7) is 22.3. The third-order valence-electron chi connectivity index (χ3n) is 10.9. The first-order valence-corrected chi connectivity index (χ1v) is 23.1. The van der Waals surface area contributed by atoms with Gasteiger partial charge in [-0.15, -0.1) is 0 Å². The van der Waals surface area contributed by atoms with Gasteiger partial charge >= 0.3 is 12.1 Å². The predicted molar refractivity (Wildman–Crippen MR) is 274 cm³/mol. The van der Waals surface area contributed by atoms with Crippen LogP contribution in [0, 0.1) is 13.8 Å². The number of fused-ring (bicyclic) bond motifs is 2. The summed E-state index contributed by atoms with van der Waals surface area (Å²) in [7, 11) is 0. The zero-order valence-corrected chi connectivity index (χ0v) is 41.3. The standard InChI is InChI=1S/C28H29NO.C18H19BrO2.C11H9NO.CO2/c1-19-16-24-17-23(20(2)30)14-15-27(24)29(19)18-21-10-12-22(13-11-21)25-8-6-7-9-26(25)28(3,4)5;1-18(2,3)21-17(20)16-7-5-4-6-15(16)14-10-8-13(12-19)9-11-14;1-7-5-10-6-9(8(2)13)3-4-11(10)12-7;2-1-3/h6-17H,18H2,1-5H3;4-11H,12H2,1-3H3;3-6H,1H2,2H3;/p+1. The fraction of sp³-hybridized carbons (Fsp3) is 0.224. The minimum Gasteiger partial charge on any atom is -0.456 e. The van der Waals surface area contributed by atoms with Crippen molar-refractivity contribution in [2.24, 2.45) is 0 Å². The van der Waals surface area contributed by atoms with Crippen molar-refractivity contribution in [3.8, 4) is 22.3 Å². The molecule has 2 heterocycles. The van der Waals surface area contributed by atoms with E-state index in [-0.39, 0.29) is 29.1 Å². The molecule has 0 bridgehead atoms. The van der Waals surface area contributed by atoms with Crippen LogP contribution in [0.3, 0.4) is 0 Å². The van der Waals surface area contributed by atoms with Gasteiger partial charge in [0.25, 0.3) is 0 Å². The minimum absolute atomic E-state index is 0.0914. The molecule has 0 atom stereocenters. The van der Waals surface area contributed by atoms with Gasteiger partial charge in [0, 0.05) is 39.6 Å². The van der Waals surface area contributed by atoms with Crippen molar-refractivity contribution in [1.82, 2.24) is 9.55 Å². The molecule has 8 aromatic rings. The van der Waals surface area contributed by atoms with E-state index in [4.69, 9.17) is 14.3 Å². The van der Waals surface area contributed by atoms with Crippen molar-refractivity contribution in [3.63, 3.8) is 0 Å². The fourth-order valence-electron chi connectivity index (χ4n) is 7.63. The topological polar surface area (TPSA) is 115 Å². The molecule has 2 aromatic heterocycles. The SMILES string of the molecule is CC(=O)c1ccc2c(c1)cc(C)n2Cc1ccc(-c2ccccc2C(C)(C)C)cc1.CC(C)(C)OC(=O)c1ccccc1-c1ccc(CBr)cc1.O=C=O.[CH2+]c1cc2cc(C(C)=O)ccc2[nH]1. The molecule has 0 radical (unpaired) electrons. The largest absolute Gasteiger partial charge is 0.456 e. The van der Waals surface area contributed by atoms with Crippen molar-refractivity contribution in [1.29, 1.82) is 0 Å². The Morgan fingerprint density at radius 2 is 1.18 bits per heavy atom. The molecule has 0 aliphatic carbocycles. The maximum Gasteiger partial charge on any atom is 0.373 e. The Balaban J connectivity index is 0.000000197. The van der Waals surface area contributed by atoms with Gasteiger partial charge in [-0.25, -0.2) is 4.79 Å². The van der Waals surface area contributed by atoms with Gasteiger partial charge in [0.1, 0.15) is 11.7 Å². The van der Waals surface area contributed by atoms with E-state index in [1.807, 2.05) is 93.6 Å². The number of hydrogen-bond acceptors (Lipinski definition) is 6. The first-order valence-electron chi connectivity index (χ1n) is 21.9. The van der Waals surface area contributed by atoms with Crippen molar-refractivity contribution in [2.45, 2.75) is 85.2 Å². The van der Waals surface area contributed by atoms with E-state index in [1.54, 1.807) is 13.8 Å². The number of ether oxygens (including phenoxy) is 1. The highest BCUT2D eigenvalue weighted by Gasteiger charge is 2.21. The molecule has 67 heavy (non-hydrogen) atoms. The number of nitrogens with one attached hydrogen (secondary N) is 1. The zero-order chi connectivity index (χ0) is 49.1. The Morgan fingerprint density at radius 1 is 0.657 bits per heavy atom. The Morgan fingerprint density at radius 3 is 1.75 bits per heavy atom. The molecular weight excluding hydrogens is 901 g/mol. The number of aromatic nitrogens is 2. The lowest BCUT2D eigenvalue weighted by Crippen LogP contribution is -2.24. The quantitative estimate of drug-likeness (QED) is 0.0702. The molecule has 0 unspecified atom stereocenters. The molecule has 1 N–H and O–H groups in total. The number of benzene rings is 6. The van der Waals surface area contributed by atoms with Gasteiger partial charge in [0.2, 0.25) is 0 Å². The van der Waals surface area contributed by atoms with Crippen molar-refractivity contribution >= 4 is 61.4 Å². The van der Waals surface area contributed by atoms with Crippen LogP contribution in [-0.4, -0.2) is 38.8 Å². The van der Waals surface area contributed by atoms with E-state index in [2.05, 4.69) is 133 Å². The summed E-state index contributed by atoms with van der Waals surface area (Å²) < 4.78 is 7.80. The van der Waals surface area contributed by atoms with Crippen LogP contribution in [0.15, 0.2) is 146 Å². The van der Waals surface area contributed by atoms with Gasteiger partial charge < -0.3 is 14.3 Å². The molecule has 0 amide bonds. The summed E-state index contributed by atoms with van der Waals surface area (Å²) in [5.41, 5.74) is 14.3. The highest BCUT2D eigenvalue weighted by atomic mass is 79.9. The van der Waals surface area contributed by atoms with Gasteiger partial charge in [-0.3, -0.25) is 9.59 Å². The molecule has 0 saturated heterocycles. The third-order valence-corrected chi connectivity index (χ3v) is 11.6. The van der Waals surface area contributed by atoms with Gasteiger partial charge in [-0.1, -0.05) is 128 Å². The zero-order valence-electron chi connectivity index (χ0n) is 39.8. The number of halogens is 1. The summed E-state index contributed by atoms with van der Waals surface area (Å²) in [6.07, 6.45) is 0.250. The maximum absolute atomic E-state index is 12.3. The number of Topliss-reactive ketones (excluding diaryl/α,β-unsaturated/α-hetero) is 2. The normalized spacial score (nSPS) is 11.0. The van der Waals surface area contributed by atoms with E-state index in [0.717, 1.165) is 56.1 Å². The highest BCUT2D eigenvalue weighted by molar-refractivity contribution is 9.08. The summed E-state index contributed by atoms with van der Waals surface area (Å²) in [4.78, 5) is 54.5. The Labute approximate surface area is 402 Å². The number of aryl methyl sites for hydroxylation is 1. The van der Waals surface area contributed by atoms with Crippen LogP contribution in [0.2, 0.25) is 0 Å². The summed E-state index contributed by atoms with van der Waals surface area (Å²) in [5.74, 6) is -0.0928. The van der Waals surface area contributed by atoms with Crippen molar-refractivity contribution in [3.05, 3.63) is 197 Å². The number of rotatable bonds is 8. The van der Waals surface area contributed by atoms with Crippen LogP contribution in [-0.2, 0) is 31.6 Å². The Kier molecular flexibility index (Phi) is 17.0. The van der Waals surface area contributed by atoms with Gasteiger partial charge in [-0.2, -0.15) is 9.59 Å². The molecule has 0 aliphatic heterocycles. The molecule has 0 saturated carbocycles. The molecule has 342 valence electrons. The number of H-pyrrole nitrogens is 1. The predicted octanol–water partition coefficient (Wildman–Crippen LogP) is 14.3. The fourth-order valence-corrected chi connectivity index (χ4v) is 8.00. The number of carbonyl (C=O) groups is 3. The van der Waals surface area contributed by atoms with E-state index in [0.29, 0.717) is 5.56 Å². The van der Waals surface area contributed by atoms with E-state index >= 15 is 0 Å². The monoisotopic (exact) mass is 957 g/mol. The average Bonchev–Trinajstić information content (AvgIpc) is 3.82. The summed E-state index contributed by atoms with van der Waals surface area (Å²) in [6, 6.07) is 49.0. The van der Waals surface area contributed by atoms with E-state index in [1.165, 1.54) is 39.0 Å². The summed E-state index contributed by atoms with van der Waals surface area (Å²) in [5, 5.41) is 2.98. The first kappa shape index (κ1) is 50.9. The minimum atomic E-state index is -0.496. The van der Waals surface area contributed by atoms with Gasteiger partial charge in [0.05, 0.1) is 23.4 Å². The van der Waals surface area contributed by atoms with E-state index < -0.39 is 5.60 Å². The van der Waals surface area contributed by atoms with Crippen LogP contribution in [0.5, 0.6) is 0 Å². The lowest BCUT2D eigenvalue weighted by molar-refractivity contribution is -0.191. The average molecular weight is 959 g/mol. The van der Waals surface area contributed by atoms with Crippen LogP contribution in [0.25, 0.3) is 44.1 Å². The number of hydrogen-bond donors (Lipinski definition) is 1. The second kappa shape index (κ2) is 22.4. The molecule has 0 aliphatic rings. The number of carbonyl (C=O) groups excluding carboxylic acids is 5. The van der Waals surface area contributed by atoms with E-state index in [9.17, 15) is 14.4 Å². The van der Waals surface area contributed by atoms with Crippen LogP contribution < -0.4 is 0 Å². The molecule has 8 rings (SSSR count). The van der Waals surface area contributed by atoms with Gasteiger partial charge in [-0.05, 0) is 134 Å². The highest BCUT2D eigenvalue weighted by Crippen LogP contribution is 2.33. The van der Waals surface area contributed by atoms with Crippen LogP contribution in [0.4, 0.5) is 0 Å². The smallest absolute Gasteiger partial charge is 0.373 e. The third kappa shape index (κ3) is 13.7.